The van der Waals surface area contributed by atoms with E-state index in [9.17, 15) is 4.39 Å². The maximum atomic E-state index is 13.6. The summed E-state index contributed by atoms with van der Waals surface area (Å²) in [6.45, 7) is -0.313. The number of para-hydroxylation sites is 1. The second-order valence-corrected chi connectivity index (χ2v) is 4.43. The summed E-state index contributed by atoms with van der Waals surface area (Å²) in [5.74, 6) is 0. The number of hydrogen-bond donors (Lipinski definition) is 2. The smallest absolute Gasteiger partial charge is 0.138 e. The third-order valence-corrected chi connectivity index (χ3v) is 3.29. The van der Waals surface area contributed by atoms with Crippen molar-refractivity contribution in [1.29, 1.82) is 0 Å². The van der Waals surface area contributed by atoms with E-state index in [0.29, 0.717) is 11.2 Å². The Bertz CT molecular complexity index is 571. The van der Waals surface area contributed by atoms with Crippen molar-refractivity contribution < 1.29 is 14.2 Å². The molecule has 0 aliphatic carbocycles. The van der Waals surface area contributed by atoms with Gasteiger partial charge >= 0.3 is 0 Å². The molecule has 1 aromatic carbocycles. The highest BCUT2D eigenvalue weighted by Crippen LogP contribution is 2.33. The second kappa shape index (κ2) is 4.22. The van der Waals surface area contributed by atoms with Crippen molar-refractivity contribution in [2.24, 2.45) is 0 Å². The van der Waals surface area contributed by atoms with E-state index in [-0.39, 0.29) is 13.0 Å². The molecule has 5 nitrogen and oxygen atoms in total. The van der Waals surface area contributed by atoms with Crippen LogP contribution in [0, 0.1) is 0 Å². The molecule has 3 rings (SSSR count). The van der Waals surface area contributed by atoms with E-state index < -0.39 is 18.5 Å². The number of ether oxygens (including phenoxy) is 1. The normalized spacial score (nSPS) is 28.0. The molecule has 0 saturated carbocycles. The zero-order valence-electron chi connectivity index (χ0n) is 9.66. The zero-order valence-corrected chi connectivity index (χ0v) is 9.66. The monoisotopic (exact) mass is 251 g/mol. The number of anilines is 1. The maximum Gasteiger partial charge on any atom is 0.138 e. The first-order chi connectivity index (χ1) is 8.70. The van der Waals surface area contributed by atoms with E-state index in [1.54, 1.807) is 17.0 Å². The fourth-order valence-electron chi connectivity index (χ4n) is 2.33. The molecular weight excluding hydrogens is 237 g/mol. The highest BCUT2D eigenvalue weighted by Gasteiger charge is 2.36. The third kappa shape index (κ3) is 1.65. The number of benzene rings is 1. The van der Waals surface area contributed by atoms with Gasteiger partial charge in [0.15, 0.2) is 0 Å². The Morgan fingerprint density at radius 1 is 1.56 bits per heavy atom. The van der Waals surface area contributed by atoms with Crippen LogP contribution < -0.4 is 5.73 Å². The number of imidazole rings is 1. The molecule has 1 aliphatic heterocycles. The largest absolute Gasteiger partial charge is 0.397 e. The lowest BCUT2D eigenvalue weighted by Gasteiger charge is -2.13. The molecule has 0 bridgehead atoms. The number of halogens is 1. The molecule has 18 heavy (non-hydrogen) atoms. The molecule has 0 radical (unpaired) electrons. The van der Waals surface area contributed by atoms with Crippen LogP contribution in [0.2, 0.25) is 0 Å². The Kier molecular flexibility index (Phi) is 2.68. The fraction of sp³-hybridized carbons (Fsp3) is 0.417. The van der Waals surface area contributed by atoms with Gasteiger partial charge in [-0.25, -0.2) is 9.37 Å². The topological polar surface area (TPSA) is 73.3 Å². The first-order valence-corrected chi connectivity index (χ1v) is 5.82. The van der Waals surface area contributed by atoms with Gasteiger partial charge in [-0.1, -0.05) is 6.07 Å². The van der Waals surface area contributed by atoms with Crippen LogP contribution in [0.25, 0.3) is 11.0 Å². The first kappa shape index (κ1) is 11.4. The van der Waals surface area contributed by atoms with Gasteiger partial charge in [0.2, 0.25) is 0 Å². The lowest BCUT2D eigenvalue weighted by Crippen LogP contribution is -2.21. The highest BCUT2D eigenvalue weighted by atomic mass is 19.1. The molecule has 1 aromatic heterocycles. The predicted molar refractivity (Wildman–Crippen MR) is 64.7 cm³/mol. The van der Waals surface area contributed by atoms with Gasteiger partial charge < -0.3 is 20.1 Å². The molecule has 1 unspecified atom stereocenters. The second-order valence-electron chi connectivity index (χ2n) is 4.43. The Labute approximate surface area is 103 Å². The summed E-state index contributed by atoms with van der Waals surface area (Å²) in [5, 5.41) is 9.00. The number of nitrogens with two attached hydrogens (primary N) is 1. The molecular formula is C12H14FN3O2. The molecule has 6 heteroatoms. The van der Waals surface area contributed by atoms with Gasteiger partial charge in [-0.2, -0.15) is 0 Å². The fourth-order valence-corrected chi connectivity index (χ4v) is 2.33. The Hall–Kier alpha value is -1.66. The number of rotatable bonds is 2. The van der Waals surface area contributed by atoms with Gasteiger partial charge in [-0.15, -0.1) is 0 Å². The summed E-state index contributed by atoms with van der Waals surface area (Å²) in [6, 6.07) is 5.45. The van der Waals surface area contributed by atoms with Crippen molar-refractivity contribution >= 4 is 16.7 Å². The van der Waals surface area contributed by atoms with E-state index in [2.05, 4.69) is 4.98 Å². The number of aliphatic hydroxyl groups excluding tert-OH is 1. The minimum Gasteiger partial charge on any atom is -0.397 e. The maximum absolute atomic E-state index is 13.6. The average Bonchev–Trinajstić information content (AvgIpc) is 2.93. The molecule has 2 heterocycles. The summed E-state index contributed by atoms with van der Waals surface area (Å²) in [6.07, 6.45) is -0.542. The van der Waals surface area contributed by atoms with Gasteiger partial charge in [0, 0.05) is 6.42 Å². The van der Waals surface area contributed by atoms with Crippen molar-refractivity contribution in [3.8, 4) is 0 Å². The lowest BCUT2D eigenvalue weighted by atomic mass is 10.2. The number of aromatic nitrogens is 2. The summed E-state index contributed by atoms with van der Waals surface area (Å²) in [7, 11) is 0. The van der Waals surface area contributed by atoms with Crippen LogP contribution in [-0.4, -0.2) is 33.5 Å². The molecule has 0 spiro atoms. The zero-order chi connectivity index (χ0) is 12.7. The number of aliphatic hydroxyl groups is 1. The number of nitrogen functional groups attached to an aromatic ring is 1. The van der Waals surface area contributed by atoms with Crippen LogP contribution in [0.5, 0.6) is 0 Å². The van der Waals surface area contributed by atoms with Crippen molar-refractivity contribution in [3.63, 3.8) is 0 Å². The summed E-state index contributed by atoms with van der Waals surface area (Å²) in [5.41, 5.74) is 7.90. The van der Waals surface area contributed by atoms with Crippen LogP contribution in [-0.2, 0) is 4.74 Å². The molecule has 0 amide bonds. The lowest BCUT2D eigenvalue weighted by molar-refractivity contribution is -0.0321. The van der Waals surface area contributed by atoms with Crippen LogP contribution in [0.1, 0.15) is 12.6 Å². The van der Waals surface area contributed by atoms with E-state index >= 15 is 0 Å². The van der Waals surface area contributed by atoms with E-state index in [4.69, 9.17) is 15.6 Å². The molecule has 1 saturated heterocycles. The number of nitrogens with zero attached hydrogens (tertiary/aromatic N) is 2. The van der Waals surface area contributed by atoms with Gasteiger partial charge in [-0.05, 0) is 12.1 Å². The van der Waals surface area contributed by atoms with E-state index in [0.717, 1.165) is 5.52 Å². The number of alkyl halides is 1. The van der Waals surface area contributed by atoms with E-state index in [1.165, 1.54) is 0 Å². The number of fused-ring (bicyclic) bond motifs is 1. The van der Waals surface area contributed by atoms with Crippen molar-refractivity contribution in [2.45, 2.75) is 24.9 Å². The van der Waals surface area contributed by atoms with Crippen LogP contribution >= 0.6 is 0 Å². The standard InChI is InChI=1S/C12H14FN3O2/c13-7-4-11(18-10(7)5-17)16-6-15-12-8(14)2-1-3-9(12)16/h1-3,6-7,10-11,17H,4-5,14H2/t7-,10?,11+/m0/s1. The average molecular weight is 251 g/mol. The molecule has 3 atom stereocenters. The van der Waals surface area contributed by atoms with Gasteiger partial charge in [0.05, 0.1) is 24.1 Å². The van der Waals surface area contributed by atoms with Crippen molar-refractivity contribution in [1.82, 2.24) is 9.55 Å². The Morgan fingerprint density at radius 2 is 2.39 bits per heavy atom. The Morgan fingerprint density at radius 3 is 3.11 bits per heavy atom. The van der Waals surface area contributed by atoms with Crippen LogP contribution in [0.15, 0.2) is 24.5 Å². The molecule has 2 aromatic rings. The van der Waals surface area contributed by atoms with Gasteiger partial charge in [0.25, 0.3) is 0 Å². The van der Waals surface area contributed by atoms with E-state index in [1.807, 2.05) is 12.1 Å². The highest BCUT2D eigenvalue weighted by molar-refractivity contribution is 5.87. The van der Waals surface area contributed by atoms with Gasteiger partial charge in [-0.3, -0.25) is 0 Å². The first-order valence-electron chi connectivity index (χ1n) is 5.82. The number of hydrogen-bond acceptors (Lipinski definition) is 4. The van der Waals surface area contributed by atoms with Crippen molar-refractivity contribution in [2.75, 3.05) is 12.3 Å². The molecule has 1 fully saturated rings. The van der Waals surface area contributed by atoms with Gasteiger partial charge in [0.1, 0.15) is 24.0 Å². The summed E-state index contributed by atoms with van der Waals surface area (Å²) in [4.78, 5) is 4.21. The third-order valence-electron chi connectivity index (χ3n) is 3.29. The van der Waals surface area contributed by atoms with Crippen molar-refractivity contribution in [3.05, 3.63) is 24.5 Å². The minimum absolute atomic E-state index is 0.214. The minimum atomic E-state index is -1.15. The molecule has 3 N–H and O–H groups in total. The SMILES string of the molecule is Nc1cccc2c1ncn2[C@H]1C[C@H](F)C(CO)O1. The van der Waals surface area contributed by atoms with Crippen LogP contribution in [0.4, 0.5) is 10.1 Å². The quantitative estimate of drug-likeness (QED) is 0.787. The summed E-state index contributed by atoms with van der Waals surface area (Å²) >= 11 is 0. The Balaban J connectivity index is 1.99. The molecule has 1 aliphatic rings. The summed E-state index contributed by atoms with van der Waals surface area (Å²) < 4.78 is 20.8. The van der Waals surface area contributed by atoms with Crippen LogP contribution in [0.3, 0.4) is 0 Å². The predicted octanol–water partition coefficient (Wildman–Crippen LogP) is 1.24. The molecule has 96 valence electrons.